The number of likely N-dealkylation sites (N-methyl/N-ethyl adjacent to an activating group) is 2. The van der Waals surface area contributed by atoms with Crippen molar-refractivity contribution in [1.82, 2.24) is 10.2 Å². The maximum absolute atomic E-state index is 5.41. The molecule has 1 aromatic rings. The van der Waals surface area contributed by atoms with Crippen LogP contribution in [0.4, 0.5) is 0 Å². The Labute approximate surface area is 125 Å². The predicted octanol–water partition coefficient (Wildman–Crippen LogP) is 2.93. The van der Waals surface area contributed by atoms with Gasteiger partial charge in [0.05, 0.1) is 7.11 Å². The van der Waals surface area contributed by atoms with Crippen LogP contribution in [0.15, 0.2) is 22.7 Å². The molecule has 19 heavy (non-hydrogen) atoms. The molecule has 1 rings (SSSR count). The van der Waals surface area contributed by atoms with Gasteiger partial charge in [-0.15, -0.1) is 0 Å². The number of hydrogen-bond acceptors (Lipinski definition) is 3. The van der Waals surface area contributed by atoms with Gasteiger partial charge in [0, 0.05) is 23.1 Å². The predicted molar refractivity (Wildman–Crippen MR) is 85.0 cm³/mol. The fourth-order valence-corrected chi connectivity index (χ4v) is 2.51. The van der Waals surface area contributed by atoms with Crippen LogP contribution < -0.4 is 10.1 Å². The van der Waals surface area contributed by atoms with Crippen LogP contribution in [0.1, 0.15) is 19.4 Å². The minimum absolute atomic E-state index is 0.147. The molecule has 0 aliphatic carbocycles. The van der Waals surface area contributed by atoms with Crippen LogP contribution >= 0.6 is 15.9 Å². The molecule has 0 aliphatic rings. The minimum atomic E-state index is 0.147. The maximum atomic E-state index is 5.41. The second kappa shape index (κ2) is 7.27. The van der Waals surface area contributed by atoms with Gasteiger partial charge in [0.2, 0.25) is 0 Å². The van der Waals surface area contributed by atoms with Gasteiger partial charge in [-0.1, -0.05) is 15.9 Å². The lowest BCUT2D eigenvalue weighted by Crippen LogP contribution is -2.48. The Morgan fingerprint density at radius 1 is 1.37 bits per heavy atom. The van der Waals surface area contributed by atoms with E-state index in [9.17, 15) is 0 Å². The normalized spacial score (nSPS) is 11.9. The van der Waals surface area contributed by atoms with E-state index in [-0.39, 0.29) is 5.54 Å². The first-order chi connectivity index (χ1) is 8.90. The highest BCUT2D eigenvalue weighted by Gasteiger charge is 2.22. The van der Waals surface area contributed by atoms with Crippen molar-refractivity contribution < 1.29 is 4.74 Å². The number of nitrogens with one attached hydrogen (secondary N) is 1. The first-order valence-corrected chi connectivity index (χ1v) is 7.38. The molecule has 0 aliphatic heterocycles. The maximum Gasteiger partial charge on any atom is 0.122 e. The monoisotopic (exact) mass is 328 g/mol. The van der Waals surface area contributed by atoms with Gasteiger partial charge >= 0.3 is 0 Å². The molecule has 0 fully saturated rings. The summed E-state index contributed by atoms with van der Waals surface area (Å²) in [5, 5.41) is 3.24. The van der Waals surface area contributed by atoms with Crippen molar-refractivity contribution in [3.63, 3.8) is 0 Å². The summed E-state index contributed by atoms with van der Waals surface area (Å²) in [6, 6.07) is 6.16. The van der Waals surface area contributed by atoms with E-state index in [1.807, 2.05) is 19.2 Å². The summed E-state index contributed by atoms with van der Waals surface area (Å²) in [5.74, 6) is 0.961. The van der Waals surface area contributed by atoms with Crippen LogP contribution in [-0.4, -0.2) is 44.7 Å². The molecule has 0 spiro atoms. The van der Waals surface area contributed by atoms with Gasteiger partial charge in [-0.2, -0.15) is 0 Å². The van der Waals surface area contributed by atoms with Crippen LogP contribution in [0, 0.1) is 0 Å². The second-order valence-electron chi connectivity index (χ2n) is 5.47. The second-order valence-corrected chi connectivity index (χ2v) is 6.39. The zero-order valence-corrected chi connectivity index (χ0v) is 14.2. The van der Waals surface area contributed by atoms with Crippen molar-refractivity contribution in [2.75, 3.05) is 34.3 Å². The molecule has 0 saturated heterocycles. The van der Waals surface area contributed by atoms with Crippen LogP contribution in [0.5, 0.6) is 5.75 Å². The summed E-state index contributed by atoms with van der Waals surface area (Å²) in [5.41, 5.74) is 1.39. The molecule has 1 N–H and O–H groups in total. The SMILES string of the molecule is CNCC(C)(C)N(C)CCc1cc(Br)ccc1OC. The molecule has 0 saturated carbocycles. The van der Waals surface area contributed by atoms with Crippen molar-refractivity contribution in [2.24, 2.45) is 0 Å². The third-order valence-corrected chi connectivity index (χ3v) is 4.09. The number of methoxy groups -OCH3 is 1. The summed E-state index contributed by atoms with van der Waals surface area (Å²) >= 11 is 3.52. The summed E-state index contributed by atoms with van der Waals surface area (Å²) in [4.78, 5) is 2.38. The van der Waals surface area contributed by atoms with E-state index in [1.54, 1.807) is 7.11 Å². The molecule has 4 heteroatoms. The van der Waals surface area contributed by atoms with Crippen molar-refractivity contribution >= 4 is 15.9 Å². The Morgan fingerprint density at radius 2 is 2.05 bits per heavy atom. The molecule has 108 valence electrons. The number of nitrogens with zero attached hydrogens (tertiary/aromatic N) is 1. The zero-order chi connectivity index (χ0) is 14.5. The average Bonchev–Trinajstić information content (AvgIpc) is 2.36. The fourth-order valence-electron chi connectivity index (χ4n) is 2.10. The Balaban J connectivity index is 2.68. The number of ether oxygens (including phenoxy) is 1. The first kappa shape index (κ1) is 16.5. The smallest absolute Gasteiger partial charge is 0.122 e. The summed E-state index contributed by atoms with van der Waals surface area (Å²) in [7, 11) is 5.89. The Kier molecular flexibility index (Phi) is 6.30. The Bertz CT molecular complexity index is 407. The van der Waals surface area contributed by atoms with E-state index in [2.05, 4.69) is 53.1 Å². The first-order valence-electron chi connectivity index (χ1n) is 6.59. The largest absolute Gasteiger partial charge is 0.496 e. The Morgan fingerprint density at radius 3 is 2.63 bits per heavy atom. The van der Waals surface area contributed by atoms with Gasteiger partial charge in [-0.3, -0.25) is 4.90 Å². The molecular weight excluding hydrogens is 304 g/mol. The molecule has 0 bridgehead atoms. The summed E-state index contributed by atoms with van der Waals surface area (Å²) in [6.45, 7) is 6.48. The lowest BCUT2D eigenvalue weighted by Gasteiger charge is -2.35. The molecule has 0 unspecified atom stereocenters. The van der Waals surface area contributed by atoms with Gasteiger partial charge in [0.25, 0.3) is 0 Å². The fraction of sp³-hybridized carbons (Fsp3) is 0.600. The molecule has 0 aromatic heterocycles. The molecule has 0 atom stereocenters. The van der Waals surface area contributed by atoms with Crippen molar-refractivity contribution in [3.05, 3.63) is 28.2 Å². The Hall–Kier alpha value is -0.580. The van der Waals surface area contributed by atoms with Crippen molar-refractivity contribution in [1.29, 1.82) is 0 Å². The summed E-state index contributed by atoms with van der Waals surface area (Å²) < 4.78 is 6.51. The highest BCUT2D eigenvalue weighted by molar-refractivity contribution is 9.10. The highest BCUT2D eigenvalue weighted by Crippen LogP contribution is 2.24. The third kappa shape index (κ3) is 4.79. The van der Waals surface area contributed by atoms with E-state index in [0.717, 1.165) is 29.7 Å². The van der Waals surface area contributed by atoms with Crippen LogP contribution in [0.2, 0.25) is 0 Å². The lowest BCUT2D eigenvalue weighted by molar-refractivity contribution is 0.157. The average molecular weight is 329 g/mol. The standard InChI is InChI=1S/C15H25BrN2O/c1-15(2,11-17-3)18(4)9-8-12-10-13(16)6-7-14(12)19-5/h6-7,10,17H,8-9,11H2,1-5H3. The van der Waals surface area contributed by atoms with E-state index >= 15 is 0 Å². The van der Waals surface area contributed by atoms with Gasteiger partial charge in [-0.25, -0.2) is 0 Å². The zero-order valence-electron chi connectivity index (χ0n) is 12.6. The van der Waals surface area contributed by atoms with Gasteiger partial charge < -0.3 is 10.1 Å². The lowest BCUT2D eigenvalue weighted by atomic mass is 10.0. The highest BCUT2D eigenvalue weighted by atomic mass is 79.9. The van der Waals surface area contributed by atoms with E-state index in [4.69, 9.17) is 4.74 Å². The molecule has 0 heterocycles. The molecule has 0 amide bonds. The molecule has 3 nitrogen and oxygen atoms in total. The molecule has 1 aromatic carbocycles. The van der Waals surface area contributed by atoms with Crippen molar-refractivity contribution in [2.45, 2.75) is 25.8 Å². The topological polar surface area (TPSA) is 24.5 Å². The number of rotatable bonds is 7. The number of hydrogen-bond donors (Lipinski definition) is 1. The summed E-state index contributed by atoms with van der Waals surface area (Å²) in [6.07, 6.45) is 0.978. The van der Waals surface area contributed by atoms with E-state index in [1.165, 1.54) is 5.56 Å². The van der Waals surface area contributed by atoms with Crippen molar-refractivity contribution in [3.8, 4) is 5.75 Å². The van der Waals surface area contributed by atoms with Crippen LogP contribution in [0.3, 0.4) is 0 Å². The van der Waals surface area contributed by atoms with E-state index < -0.39 is 0 Å². The van der Waals surface area contributed by atoms with Crippen LogP contribution in [-0.2, 0) is 6.42 Å². The van der Waals surface area contributed by atoms with Gasteiger partial charge in [0.1, 0.15) is 5.75 Å². The molecule has 0 radical (unpaired) electrons. The molecular formula is C15H25BrN2O. The minimum Gasteiger partial charge on any atom is -0.496 e. The number of halogens is 1. The van der Waals surface area contributed by atoms with Gasteiger partial charge in [0.15, 0.2) is 0 Å². The van der Waals surface area contributed by atoms with Crippen LogP contribution in [0.25, 0.3) is 0 Å². The third-order valence-electron chi connectivity index (χ3n) is 3.60. The number of benzene rings is 1. The van der Waals surface area contributed by atoms with Gasteiger partial charge in [-0.05, 0) is 58.1 Å². The van der Waals surface area contributed by atoms with E-state index in [0.29, 0.717) is 0 Å². The quantitative estimate of drug-likeness (QED) is 0.832.